The Bertz CT molecular complexity index is 560. The van der Waals surface area contributed by atoms with Gasteiger partial charge in [-0.25, -0.2) is 9.97 Å². The number of para-hydroxylation sites is 1. The maximum absolute atomic E-state index is 5.95. The van der Waals surface area contributed by atoms with Gasteiger partial charge in [-0.1, -0.05) is 36.7 Å². The van der Waals surface area contributed by atoms with Gasteiger partial charge < -0.3 is 10.1 Å². The predicted molar refractivity (Wildman–Crippen MR) is 76.7 cm³/mol. The van der Waals surface area contributed by atoms with Crippen molar-refractivity contribution in [3.63, 3.8) is 0 Å². The lowest BCUT2D eigenvalue weighted by Crippen LogP contribution is -2.06. The number of aryl methyl sites for hydroxylation is 1. The van der Waals surface area contributed by atoms with E-state index >= 15 is 0 Å². The molecule has 100 valence electrons. The fourth-order valence-electron chi connectivity index (χ4n) is 1.75. The molecule has 0 saturated heterocycles. The standard InChI is InChI=1S/C14H16ClN3O/c1-3-11-8-13(15)18-14(17-11)16-9-10-6-4-5-7-12(10)19-2/h4-8H,3,9H2,1-2H3,(H,16,17,18). The molecule has 1 aromatic carbocycles. The van der Waals surface area contributed by atoms with Gasteiger partial charge in [0.15, 0.2) is 0 Å². The molecule has 0 aliphatic heterocycles. The highest BCUT2D eigenvalue weighted by molar-refractivity contribution is 6.29. The summed E-state index contributed by atoms with van der Waals surface area (Å²) < 4.78 is 5.30. The summed E-state index contributed by atoms with van der Waals surface area (Å²) in [6, 6.07) is 9.60. The smallest absolute Gasteiger partial charge is 0.224 e. The molecule has 2 rings (SSSR count). The van der Waals surface area contributed by atoms with Gasteiger partial charge in [0, 0.05) is 17.8 Å². The van der Waals surface area contributed by atoms with Crippen LogP contribution in [0.4, 0.5) is 5.95 Å². The summed E-state index contributed by atoms with van der Waals surface area (Å²) in [4.78, 5) is 8.53. The number of hydrogen-bond donors (Lipinski definition) is 1. The molecule has 4 nitrogen and oxygen atoms in total. The molecule has 1 N–H and O–H groups in total. The summed E-state index contributed by atoms with van der Waals surface area (Å²) in [6.07, 6.45) is 0.825. The van der Waals surface area contributed by atoms with E-state index in [2.05, 4.69) is 15.3 Å². The molecule has 1 aromatic heterocycles. The van der Waals surface area contributed by atoms with Crippen LogP contribution in [-0.4, -0.2) is 17.1 Å². The van der Waals surface area contributed by atoms with Gasteiger partial charge >= 0.3 is 0 Å². The fourth-order valence-corrected chi connectivity index (χ4v) is 1.95. The molecule has 2 aromatic rings. The zero-order valence-electron chi connectivity index (χ0n) is 11.0. The third kappa shape index (κ3) is 3.58. The average molecular weight is 278 g/mol. The summed E-state index contributed by atoms with van der Waals surface area (Å²) in [5.74, 6) is 1.38. The normalized spacial score (nSPS) is 10.3. The van der Waals surface area contributed by atoms with Gasteiger partial charge in [0.2, 0.25) is 5.95 Å². The Kier molecular flexibility index (Phi) is 4.58. The Morgan fingerprint density at radius 3 is 2.79 bits per heavy atom. The van der Waals surface area contributed by atoms with Crippen molar-refractivity contribution in [1.29, 1.82) is 0 Å². The zero-order valence-corrected chi connectivity index (χ0v) is 11.7. The number of ether oxygens (including phenoxy) is 1. The average Bonchev–Trinajstić information content (AvgIpc) is 2.44. The van der Waals surface area contributed by atoms with E-state index in [1.165, 1.54) is 0 Å². The summed E-state index contributed by atoms with van der Waals surface area (Å²) in [5, 5.41) is 3.62. The number of aromatic nitrogens is 2. The Morgan fingerprint density at radius 2 is 2.05 bits per heavy atom. The van der Waals surface area contributed by atoms with Crippen LogP contribution in [0, 0.1) is 0 Å². The SMILES string of the molecule is CCc1cc(Cl)nc(NCc2ccccc2OC)n1. The lowest BCUT2D eigenvalue weighted by molar-refractivity contribution is 0.410. The van der Waals surface area contributed by atoms with Crippen molar-refractivity contribution >= 4 is 17.5 Å². The van der Waals surface area contributed by atoms with Crippen LogP contribution in [0.1, 0.15) is 18.2 Å². The second kappa shape index (κ2) is 6.38. The number of methoxy groups -OCH3 is 1. The molecule has 19 heavy (non-hydrogen) atoms. The molecule has 0 aliphatic carbocycles. The number of anilines is 1. The third-order valence-corrected chi connectivity index (χ3v) is 2.93. The summed E-state index contributed by atoms with van der Waals surface area (Å²) in [6.45, 7) is 2.62. The highest BCUT2D eigenvalue weighted by atomic mass is 35.5. The summed E-state index contributed by atoms with van der Waals surface area (Å²) in [5.41, 5.74) is 1.97. The van der Waals surface area contributed by atoms with Crippen LogP contribution in [0.2, 0.25) is 5.15 Å². The van der Waals surface area contributed by atoms with E-state index in [1.807, 2.05) is 31.2 Å². The molecule has 0 saturated carbocycles. The van der Waals surface area contributed by atoms with E-state index in [0.29, 0.717) is 17.6 Å². The van der Waals surface area contributed by atoms with Gasteiger partial charge in [0.1, 0.15) is 10.9 Å². The third-order valence-electron chi connectivity index (χ3n) is 2.74. The van der Waals surface area contributed by atoms with Crippen molar-refractivity contribution in [3.8, 4) is 5.75 Å². The van der Waals surface area contributed by atoms with Crippen molar-refractivity contribution in [2.45, 2.75) is 19.9 Å². The van der Waals surface area contributed by atoms with Crippen molar-refractivity contribution in [1.82, 2.24) is 9.97 Å². The molecule has 1 heterocycles. The van der Waals surface area contributed by atoms with Gasteiger partial charge in [-0.05, 0) is 18.6 Å². The van der Waals surface area contributed by atoms with Crippen molar-refractivity contribution < 1.29 is 4.74 Å². The number of nitrogens with zero attached hydrogens (tertiary/aromatic N) is 2. The quantitative estimate of drug-likeness (QED) is 0.852. The van der Waals surface area contributed by atoms with Crippen LogP contribution >= 0.6 is 11.6 Å². The lowest BCUT2D eigenvalue weighted by atomic mass is 10.2. The Hall–Kier alpha value is -1.81. The molecular weight excluding hydrogens is 262 g/mol. The first-order valence-corrected chi connectivity index (χ1v) is 6.50. The first-order valence-electron chi connectivity index (χ1n) is 6.12. The van der Waals surface area contributed by atoms with Crippen LogP contribution in [0.5, 0.6) is 5.75 Å². The monoisotopic (exact) mass is 277 g/mol. The molecule has 0 aliphatic rings. The second-order valence-corrected chi connectivity index (χ2v) is 4.41. The number of rotatable bonds is 5. The van der Waals surface area contributed by atoms with Crippen LogP contribution in [0.15, 0.2) is 30.3 Å². The molecule has 0 radical (unpaired) electrons. The molecule has 0 bridgehead atoms. The molecule has 0 atom stereocenters. The first-order chi connectivity index (χ1) is 9.22. The minimum absolute atomic E-state index is 0.453. The highest BCUT2D eigenvalue weighted by Gasteiger charge is 2.04. The lowest BCUT2D eigenvalue weighted by Gasteiger charge is -2.10. The van der Waals surface area contributed by atoms with E-state index in [0.717, 1.165) is 23.4 Å². The molecular formula is C14H16ClN3O. The van der Waals surface area contributed by atoms with Crippen molar-refractivity contribution in [2.24, 2.45) is 0 Å². The van der Waals surface area contributed by atoms with Crippen LogP contribution in [0.25, 0.3) is 0 Å². The molecule has 5 heteroatoms. The maximum Gasteiger partial charge on any atom is 0.224 e. The van der Waals surface area contributed by atoms with E-state index in [9.17, 15) is 0 Å². The van der Waals surface area contributed by atoms with Crippen LogP contribution < -0.4 is 10.1 Å². The number of hydrogen-bond acceptors (Lipinski definition) is 4. The van der Waals surface area contributed by atoms with E-state index in [4.69, 9.17) is 16.3 Å². The molecule has 0 unspecified atom stereocenters. The highest BCUT2D eigenvalue weighted by Crippen LogP contribution is 2.18. The summed E-state index contributed by atoms with van der Waals surface area (Å²) in [7, 11) is 1.66. The van der Waals surface area contributed by atoms with Gasteiger partial charge in [0.25, 0.3) is 0 Å². The van der Waals surface area contributed by atoms with Gasteiger partial charge in [-0.2, -0.15) is 0 Å². The predicted octanol–water partition coefficient (Wildman–Crippen LogP) is 3.31. The zero-order chi connectivity index (χ0) is 13.7. The van der Waals surface area contributed by atoms with Crippen molar-refractivity contribution in [3.05, 3.63) is 46.7 Å². The number of halogens is 1. The number of nitrogens with one attached hydrogen (secondary N) is 1. The Labute approximate surface area is 117 Å². The fraction of sp³-hybridized carbons (Fsp3) is 0.286. The van der Waals surface area contributed by atoms with E-state index < -0.39 is 0 Å². The molecule has 0 spiro atoms. The van der Waals surface area contributed by atoms with E-state index in [1.54, 1.807) is 13.2 Å². The summed E-state index contributed by atoms with van der Waals surface area (Å²) >= 11 is 5.95. The second-order valence-electron chi connectivity index (χ2n) is 4.02. The number of benzene rings is 1. The van der Waals surface area contributed by atoms with Crippen LogP contribution in [-0.2, 0) is 13.0 Å². The minimum atomic E-state index is 0.453. The maximum atomic E-state index is 5.95. The van der Waals surface area contributed by atoms with Gasteiger partial charge in [0.05, 0.1) is 7.11 Å². The van der Waals surface area contributed by atoms with Crippen molar-refractivity contribution in [2.75, 3.05) is 12.4 Å². The Balaban J connectivity index is 2.12. The Morgan fingerprint density at radius 1 is 1.26 bits per heavy atom. The first kappa shape index (κ1) is 13.6. The van der Waals surface area contributed by atoms with Gasteiger partial charge in [-0.15, -0.1) is 0 Å². The minimum Gasteiger partial charge on any atom is -0.496 e. The van der Waals surface area contributed by atoms with Crippen LogP contribution in [0.3, 0.4) is 0 Å². The van der Waals surface area contributed by atoms with E-state index in [-0.39, 0.29) is 0 Å². The largest absolute Gasteiger partial charge is 0.496 e. The molecule has 0 amide bonds. The topological polar surface area (TPSA) is 47.0 Å². The molecule has 0 fully saturated rings. The van der Waals surface area contributed by atoms with Gasteiger partial charge in [-0.3, -0.25) is 0 Å².